The third-order valence-corrected chi connectivity index (χ3v) is 4.74. The van der Waals surface area contributed by atoms with Gasteiger partial charge in [-0.15, -0.1) is 0 Å². The van der Waals surface area contributed by atoms with Crippen LogP contribution in [-0.2, 0) is 0 Å². The lowest BCUT2D eigenvalue weighted by molar-refractivity contribution is 0.0940. The van der Waals surface area contributed by atoms with Crippen LogP contribution >= 0.6 is 0 Å². The average Bonchev–Trinajstić information content (AvgIpc) is 3.19. The number of Topliss-reactive ketones (excluding diaryl/α,β-unsaturated/α-hetero) is 1. The van der Waals surface area contributed by atoms with Gasteiger partial charge >= 0.3 is 0 Å². The summed E-state index contributed by atoms with van der Waals surface area (Å²) in [6.07, 6.45) is 3.27. The van der Waals surface area contributed by atoms with E-state index < -0.39 is 0 Å². The lowest BCUT2D eigenvalue weighted by atomic mass is 9.89. The highest BCUT2D eigenvalue weighted by Crippen LogP contribution is 2.59. The van der Waals surface area contributed by atoms with Crippen molar-refractivity contribution in [2.24, 2.45) is 11.3 Å². The van der Waals surface area contributed by atoms with E-state index >= 15 is 0 Å². The smallest absolute Gasteiger partial charge is 0.166 e. The molecule has 1 aromatic rings. The predicted octanol–water partition coefficient (Wildman–Crippen LogP) is 2.28. The lowest BCUT2D eigenvalue weighted by Crippen LogP contribution is -2.30. The predicted molar refractivity (Wildman–Crippen MR) is 76.5 cm³/mol. The molecule has 0 radical (unpaired) electrons. The molecule has 20 heavy (non-hydrogen) atoms. The Hall–Kier alpha value is -1.55. The fraction of sp³-hybridized carbons (Fsp3) is 0.562. The molecule has 1 saturated carbocycles. The van der Waals surface area contributed by atoms with Crippen molar-refractivity contribution in [1.82, 2.24) is 5.32 Å². The first-order valence-corrected chi connectivity index (χ1v) is 7.16. The molecule has 1 aliphatic heterocycles. The summed E-state index contributed by atoms with van der Waals surface area (Å²) in [7, 11) is 3.21. The van der Waals surface area contributed by atoms with Crippen molar-refractivity contribution in [2.75, 3.05) is 27.3 Å². The Morgan fingerprint density at radius 3 is 2.30 bits per heavy atom. The zero-order valence-electron chi connectivity index (χ0n) is 12.1. The van der Waals surface area contributed by atoms with E-state index in [-0.39, 0.29) is 17.1 Å². The van der Waals surface area contributed by atoms with E-state index in [0.717, 1.165) is 32.4 Å². The zero-order valence-corrected chi connectivity index (χ0v) is 12.1. The fourth-order valence-corrected chi connectivity index (χ4v) is 3.35. The molecular formula is C16H21NO3. The number of rotatable bonds is 4. The third-order valence-electron chi connectivity index (χ3n) is 4.74. The average molecular weight is 275 g/mol. The molecule has 1 N–H and O–H groups in total. The van der Waals surface area contributed by atoms with Crippen LogP contribution in [0.15, 0.2) is 18.2 Å². The molecule has 3 rings (SSSR count). The number of benzene rings is 1. The number of carbonyl (C=O) groups is 1. The first-order chi connectivity index (χ1) is 9.68. The Morgan fingerprint density at radius 1 is 1.15 bits per heavy atom. The van der Waals surface area contributed by atoms with Gasteiger partial charge in [-0.3, -0.25) is 4.79 Å². The van der Waals surface area contributed by atoms with Gasteiger partial charge in [-0.2, -0.15) is 0 Å². The summed E-state index contributed by atoms with van der Waals surface area (Å²) in [5.74, 6) is 1.77. The van der Waals surface area contributed by atoms with Crippen LogP contribution in [-0.4, -0.2) is 33.1 Å². The van der Waals surface area contributed by atoms with Gasteiger partial charge in [-0.05, 0) is 49.9 Å². The van der Waals surface area contributed by atoms with E-state index in [9.17, 15) is 4.79 Å². The van der Waals surface area contributed by atoms with Crippen LogP contribution in [0.25, 0.3) is 0 Å². The Balaban J connectivity index is 1.81. The lowest BCUT2D eigenvalue weighted by Gasteiger charge is -2.23. The van der Waals surface area contributed by atoms with Crippen molar-refractivity contribution >= 4 is 5.78 Å². The molecule has 2 fully saturated rings. The van der Waals surface area contributed by atoms with E-state index in [2.05, 4.69) is 5.32 Å². The molecule has 1 aromatic carbocycles. The second-order valence-electron chi connectivity index (χ2n) is 5.83. The number of methoxy groups -OCH3 is 2. The summed E-state index contributed by atoms with van der Waals surface area (Å²) in [6.45, 7) is 2.07. The molecule has 1 saturated heterocycles. The van der Waals surface area contributed by atoms with E-state index in [4.69, 9.17) is 9.47 Å². The van der Waals surface area contributed by atoms with E-state index in [1.807, 2.05) is 12.1 Å². The highest BCUT2D eigenvalue weighted by Gasteiger charge is 2.57. The second kappa shape index (κ2) is 5.09. The summed E-state index contributed by atoms with van der Waals surface area (Å²) in [6, 6.07) is 5.43. The van der Waals surface area contributed by atoms with Crippen LogP contribution in [0.4, 0.5) is 0 Å². The number of carbonyl (C=O) groups excluding carboxylic acids is 1. The first-order valence-electron chi connectivity index (χ1n) is 7.16. The van der Waals surface area contributed by atoms with Gasteiger partial charge in [0, 0.05) is 17.5 Å². The number of nitrogens with one attached hydrogen (secondary N) is 1. The monoisotopic (exact) mass is 275 g/mol. The molecule has 0 amide bonds. The van der Waals surface area contributed by atoms with Crippen molar-refractivity contribution in [1.29, 1.82) is 0 Å². The molecule has 0 aromatic heterocycles. The van der Waals surface area contributed by atoms with Crippen molar-refractivity contribution in [3.8, 4) is 11.5 Å². The van der Waals surface area contributed by atoms with Crippen LogP contribution in [0.5, 0.6) is 11.5 Å². The minimum Gasteiger partial charge on any atom is -0.497 e. The number of hydrogen-bond acceptors (Lipinski definition) is 4. The maximum atomic E-state index is 12.7. The van der Waals surface area contributed by atoms with Gasteiger partial charge in [0.25, 0.3) is 0 Å². The van der Waals surface area contributed by atoms with E-state index in [1.165, 1.54) is 0 Å². The van der Waals surface area contributed by atoms with Gasteiger partial charge in [0.15, 0.2) is 5.78 Å². The molecule has 0 bridgehead atoms. The molecular weight excluding hydrogens is 254 g/mol. The van der Waals surface area contributed by atoms with Gasteiger partial charge < -0.3 is 14.8 Å². The van der Waals surface area contributed by atoms with Gasteiger partial charge in [0.2, 0.25) is 0 Å². The quantitative estimate of drug-likeness (QED) is 0.856. The molecule has 108 valence electrons. The van der Waals surface area contributed by atoms with Crippen LogP contribution in [0.1, 0.15) is 29.6 Å². The third kappa shape index (κ3) is 2.29. The summed E-state index contributed by atoms with van der Waals surface area (Å²) in [4.78, 5) is 12.7. The van der Waals surface area contributed by atoms with Crippen LogP contribution < -0.4 is 14.8 Å². The molecule has 1 unspecified atom stereocenters. The maximum Gasteiger partial charge on any atom is 0.166 e. The number of piperidine rings is 1. The summed E-state index contributed by atoms with van der Waals surface area (Å²) >= 11 is 0. The number of hydrogen-bond donors (Lipinski definition) is 1. The molecule has 2 aliphatic rings. The molecule has 4 nitrogen and oxygen atoms in total. The van der Waals surface area contributed by atoms with Crippen molar-refractivity contribution in [2.45, 2.75) is 19.3 Å². The van der Waals surface area contributed by atoms with Gasteiger partial charge in [0.1, 0.15) is 11.5 Å². The molecule has 1 atom stereocenters. The topological polar surface area (TPSA) is 47.6 Å². The summed E-state index contributed by atoms with van der Waals surface area (Å²) in [5, 5.41) is 3.36. The highest BCUT2D eigenvalue weighted by molar-refractivity contribution is 6.01. The van der Waals surface area contributed by atoms with Gasteiger partial charge in [-0.25, -0.2) is 0 Å². The Labute approximate surface area is 119 Å². The number of ether oxygens (including phenoxy) is 2. The first kappa shape index (κ1) is 13.4. The SMILES string of the molecule is COc1cc(OC)cc(C(=O)C2CC23CCNCC3)c1. The molecule has 4 heteroatoms. The van der Waals surface area contributed by atoms with Gasteiger partial charge in [0.05, 0.1) is 14.2 Å². The van der Waals surface area contributed by atoms with Crippen LogP contribution in [0.2, 0.25) is 0 Å². The summed E-state index contributed by atoms with van der Waals surface area (Å²) in [5.41, 5.74) is 0.972. The summed E-state index contributed by atoms with van der Waals surface area (Å²) < 4.78 is 10.5. The molecule has 1 spiro atoms. The minimum atomic E-state index is 0.182. The van der Waals surface area contributed by atoms with E-state index in [0.29, 0.717) is 17.1 Å². The Morgan fingerprint density at radius 2 is 1.75 bits per heavy atom. The largest absolute Gasteiger partial charge is 0.497 e. The fourth-order valence-electron chi connectivity index (χ4n) is 3.35. The van der Waals surface area contributed by atoms with E-state index in [1.54, 1.807) is 20.3 Å². The molecule has 1 aliphatic carbocycles. The molecule has 1 heterocycles. The second-order valence-corrected chi connectivity index (χ2v) is 5.83. The highest BCUT2D eigenvalue weighted by atomic mass is 16.5. The standard InChI is InChI=1S/C16H21NO3/c1-19-12-7-11(8-13(9-12)20-2)15(18)14-10-16(14)3-5-17-6-4-16/h7-9,14,17H,3-6,10H2,1-2H3. The maximum absolute atomic E-state index is 12.7. The van der Waals surface area contributed by atoms with Crippen LogP contribution in [0, 0.1) is 11.3 Å². The normalized spacial score (nSPS) is 23.4. The zero-order chi connectivity index (χ0) is 14.2. The van der Waals surface area contributed by atoms with Crippen molar-refractivity contribution < 1.29 is 14.3 Å². The van der Waals surface area contributed by atoms with Crippen molar-refractivity contribution in [3.63, 3.8) is 0 Å². The Kier molecular flexibility index (Phi) is 3.42. The van der Waals surface area contributed by atoms with Crippen molar-refractivity contribution in [3.05, 3.63) is 23.8 Å². The van der Waals surface area contributed by atoms with Gasteiger partial charge in [-0.1, -0.05) is 0 Å². The Bertz CT molecular complexity index is 498. The number of ketones is 1. The minimum absolute atomic E-state index is 0.182. The van der Waals surface area contributed by atoms with Crippen LogP contribution in [0.3, 0.4) is 0 Å².